The lowest BCUT2D eigenvalue weighted by Crippen LogP contribution is -2.38. The molecule has 1 aromatic heterocycles. The maximum absolute atomic E-state index is 11.9. The molecule has 0 aliphatic heterocycles. The fourth-order valence-corrected chi connectivity index (χ4v) is 3.68. The third-order valence-corrected chi connectivity index (χ3v) is 5.86. The molecule has 0 saturated carbocycles. The smallest absolute Gasteiger partial charge is 0.250 e. The van der Waals surface area contributed by atoms with Crippen LogP contribution in [0.4, 0.5) is 0 Å². The molecule has 0 spiro atoms. The Morgan fingerprint density at radius 3 is 2.39 bits per heavy atom. The monoisotopic (exact) mass is 560 g/mol. The SMILES string of the molecule is CCNC(=NCCCCn1c(C)cccc1=O)NCCc1ccc(S(C)(=O)=O)cc1.I. The van der Waals surface area contributed by atoms with Crippen LogP contribution >= 0.6 is 24.0 Å². The number of nitrogens with one attached hydrogen (secondary N) is 2. The molecule has 0 bridgehead atoms. The van der Waals surface area contributed by atoms with Gasteiger partial charge in [-0.3, -0.25) is 9.79 Å². The molecule has 2 rings (SSSR count). The minimum absolute atomic E-state index is 0. The summed E-state index contributed by atoms with van der Waals surface area (Å²) >= 11 is 0. The van der Waals surface area contributed by atoms with E-state index in [0.29, 0.717) is 24.5 Å². The van der Waals surface area contributed by atoms with Crippen LogP contribution in [0.25, 0.3) is 0 Å². The van der Waals surface area contributed by atoms with Gasteiger partial charge in [-0.2, -0.15) is 0 Å². The molecular formula is C22H33IN4O3S. The number of rotatable bonds is 10. The summed E-state index contributed by atoms with van der Waals surface area (Å²) < 4.78 is 24.8. The normalized spacial score (nSPS) is 11.6. The van der Waals surface area contributed by atoms with E-state index in [1.807, 2.05) is 32.0 Å². The Labute approximate surface area is 202 Å². The van der Waals surface area contributed by atoms with Crippen molar-refractivity contribution in [3.8, 4) is 0 Å². The van der Waals surface area contributed by atoms with Crippen LogP contribution in [0.1, 0.15) is 31.0 Å². The van der Waals surface area contributed by atoms with Gasteiger partial charge in [-0.1, -0.05) is 18.2 Å². The number of benzene rings is 1. The van der Waals surface area contributed by atoms with Gasteiger partial charge in [0.15, 0.2) is 15.8 Å². The summed E-state index contributed by atoms with van der Waals surface area (Å²) in [6, 6.07) is 12.3. The van der Waals surface area contributed by atoms with Crippen LogP contribution in [0, 0.1) is 6.92 Å². The van der Waals surface area contributed by atoms with Crippen molar-refractivity contribution in [1.82, 2.24) is 15.2 Å². The van der Waals surface area contributed by atoms with E-state index in [2.05, 4.69) is 15.6 Å². The summed E-state index contributed by atoms with van der Waals surface area (Å²) in [5.41, 5.74) is 2.08. The van der Waals surface area contributed by atoms with Gasteiger partial charge in [0.1, 0.15) is 0 Å². The Morgan fingerprint density at radius 1 is 1.06 bits per heavy atom. The Bertz CT molecular complexity index is 1000. The second kappa shape index (κ2) is 13.5. The van der Waals surface area contributed by atoms with E-state index in [1.165, 1.54) is 6.26 Å². The van der Waals surface area contributed by atoms with Crippen molar-refractivity contribution in [3.05, 3.63) is 64.1 Å². The summed E-state index contributed by atoms with van der Waals surface area (Å²) in [6.07, 6.45) is 3.76. The van der Waals surface area contributed by atoms with Gasteiger partial charge < -0.3 is 15.2 Å². The third kappa shape index (κ3) is 9.42. The first-order valence-corrected chi connectivity index (χ1v) is 12.2. The number of pyridine rings is 1. The van der Waals surface area contributed by atoms with Gasteiger partial charge in [0.05, 0.1) is 4.90 Å². The van der Waals surface area contributed by atoms with Gasteiger partial charge in [0.2, 0.25) is 0 Å². The molecule has 0 aliphatic rings. The predicted molar refractivity (Wildman–Crippen MR) is 137 cm³/mol. The molecule has 1 aromatic carbocycles. The van der Waals surface area contributed by atoms with Gasteiger partial charge in [-0.05, 0) is 56.9 Å². The molecule has 7 nitrogen and oxygen atoms in total. The molecule has 0 amide bonds. The van der Waals surface area contributed by atoms with Crippen molar-refractivity contribution in [1.29, 1.82) is 0 Å². The third-order valence-electron chi connectivity index (χ3n) is 4.73. The Morgan fingerprint density at radius 2 is 1.77 bits per heavy atom. The van der Waals surface area contributed by atoms with Crippen molar-refractivity contribution in [2.75, 3.05) is 25.9 Å². The van der Waals surface area contributed by atoms with E-state index in [1.54, 1.807) is 28.8 Å². The second-order valence-corrected chi connectivity index (χ2v) is 9.23. The van der Waals surface area contributed by atoms with E-state index < -0.39 is 9.84 Å². The summed E-state index contributed by atoms with van der Waals surface area (Å²) in [6.45, 7) is 6.82. The maximum atomic E-state index is 11.9. The number of aliphatic imine (C=N–C) groups is 1. The number of guanidine groups is 1. The predicted octanol–water partition coefficient (Wildman–Crippen LogP) is 2.76. The molecule has 0 aliphatic carbocycles. The minimum atomic E-state index is -3.16. The molecule has 172 valence electrons. The van der Waals surface area contributed by atoms with Crippen LogP contribution in [-0.4, -0.2) is 44.8 Å². The second-order valence-electron chi connectivity index (χ2n) is 7.22. The fourth-order valence-electron chi connectivity index (χ4n) is 3.05. The van der Waals surface area contributed by atoms with Crippen molar-refractivity contribution in [2.24, 2.45) is 4.99 Å². The van der Waals surface area contributed by atoms with E-state index in [0.717, 1.165) is 43.0 Å². The number of nitrogens with zero attached hydrogens (tertiary/aromatic N) is 2. The number of halogens is 1. The molecule has 1 heterocycles. The van der Waals surface area contributed by atoms with Gasteiger partial charge in [0, 0.05) is 44.2 Å². The lowest BCUT2D eigenvalue weighted by molar-refractivity contribution is 0.585. The van der Waals surface area contributed by atoms with Crippen LogP contribution in [-0.2, 0) is 22.8 Å². The average Bonchev–Trinajstić information content (AvgIpc) is 2.69. The quantitative estimate of drug-likeness (QED) is 0.202. The van der Waals surface area contributed by atoms with Crippen LogP contribution in [0.5, 0.6) is 0 Å². The largest absolute Gasteiger partial charge is 0.357 e. The molecule has 0 fully saturated rings. The lowest BCUT2D eigenvalue weighted by atomic mass is 10.1. The highest BCUT2D eigenvalue weighted by Crippen LogP contribution is 2.10. The summed E-state index contributed by atoms with van der Waals surface area (Å²) in [7, 11) is -3.16. The van der Waals surface area contributed by atoms with E-state index in [9.17, 15) is 13.2 Å². The van der Waals surface area contributed by atoms with E-state index in [4.69, 9.17) is 0 Å². The Balaban J connectivity index is 0.00000480. The van der Waals surface area contributed by atoms with Crippen molar-refractivity contribution >= 4 is 39.8 Å². The number of unbranched alkanes of at least 4 members (excludes halogenated alkanes) is 1. The number of hydrogen-bond donors (Lipinski definition) is 2. The topological polar surface area (TPSA) is 92.6 Å². The fraction of sp³-hybridized carbons (Fsp3) is 0.455. The summed E-state index contributed by atoms with van der Waals surface area (Å²) in [5.74, 6) is 0.762. The average molecular weight is 561 g/mol. The highest BCUT2D eigenvalue weighted by atomic mass is 127. The van der Waals surface area contributed by atoms with Crippen molar-refractivity contribution < 1.29 is 8.42 Å². The molecule has 2 N–H and O–H groups in total. The zero-order valence-electron chi connectivity index (χ0n) is 18.4. The first-order chi connectivity index (χ1) is 14.3. The minimum Gasteiger partial charge on any atom is -0.357 e. The van der Waals surface area contributed by atoms with Crippen LogP contribution in [0.3, 0.4) is 0 Å². The van der Waals surface area contributed by atoms with Crippen LogP contribution in [0.15, 0.2) is 57.1 Å². The number of sulfone groups is 1. The molecule has 0 saturated heterocycles. The molecule has 31 heavy (non-hydrogen) atoms. The Kier molecular flexibility index (Phi) is 11.8. The summed E-state index contributed by atoms with van der Waals surface area (Å²) in [4.78, 5) is 16.8. The highest BCUT2D eigenvalue weighted by Gasteiger charge is 2.06. The van der Waals surface area contributed by atoms with Gasteiger partial charge in [0.25, 0.3) is 5.56 Å². The first-order valence-electron chi connectivity index (χ1n) is 10.3. The van der Waals surface area contributed by atoms with Crippen LogP contribution < -0.4 is 16.2 Å². The highest BCUT2D eigenvalue weighted by molar-refractivity contribution is 14.0. The molecule has 9 heteroatoms. The molecule has 2 aromatic rings. The number of aryl methyl sites for hydroxylation is 1. The molecular weight excluding hydrogens is 527 g/mol. The Hall–Kier alpha value is -1.88. The van der Waals surface area contributed by atoms with Crippen molar-refractivity contribution in [3.63, 3.8) is 0 Å². The maximum Gasteiger partial charge on any atom is 0.250 e. The molecule has 0 unspecified atom stereocenters. The zero-order valence-corrected chi connectivity index (χ0v) is 21.6. The van der Waals surface area contributed by atoms with Gasteiger partial charge in [-0.25, -0.2) is 8.42 Å². The van der Waals surface area contributed by atoms with Crippen molar-refractivity contribution in [2.45, 2.75) is 44.6 Å². The standard InChI is InChI=1S/C22H32N4O3S.HI/c1-4-23-22(24-15-5-6-17-26-18(2)8-7-9-21(26)27)25-16-14-19-10-12-20(13-11-19)30(3,28)29;/h7-13H,4-6,14-17H2,1-3H3,(H2,23,24,25);1H. The number of hydrogen-bond acceptors (Lipinski definition) is 4. The summed E-state index contributed by atoms with van der Waals surface area (Å²) in [5, 5.41) is 6.54. The van der Waals surface area contributed by atoms with Gasteiger partial charge in [-0.15, -0.1) is 24.0 Å². The number of aromatic nitrogens is 1. The molecule has 0 atom stereocenters. The van der Waals surface area contributed by atoms with E-state index in [-0.39, 0.29) is 29.5 Å². The first kappa shape index (κ1) is 27.2. The zero-order chi connectivity index (χ0) is 22.0. The lowest BCUT2D eigenvalue weighted by Gasteiger charge is -2.12. The van der Waals surface area contributed by atoms with Gasteiger partial charge >= 0.3 is 0 Å². The van der Waals surface area contributed by atoms with Crippen LogP contribution in [0.2, 0.25) is 0 Å². The molecule has 0 radical (unpaired) electrons. The van der Waals surface area contributed by atoms with E-state index >= 15 is 0 Å².